The zero-order chi connectivity index (χ0) is 54.2. The topological polar surface area (TPSA) is 182 Å². The lowest BCUT2D eigenvalue weighted by Crippen LogP contribution is -2.48. The van der Waals surface area contributed by atoms with E-state index in [1.54, 1.807) is 0 Å². The molecule has 0 aliphatic carbocycles. The lowest BCUT2D eigenvalue weighted by Gasteiger charge is -2.25. The van der Waals surface area contributed by atoms with Crippen LogP contribution in [0.1, 0.15) is 73.3 Å². The molecule has 0 bridgehead atoms. The van der Waals surface area contributed by atoms with Gasteiger partial charge in [-0.25, -0.2) is 45.4 Å². The van der Waals surface area contributed by atoms with Crippen LogP contribution in [0, 0.1) is 0 Å². The molecule has 0 saturated carbocycles. The van der Waals surface area contributed by atoms with E-state index < -0.39 is 94.8 Å². The van der Waals surface area contributed by atoms with Crippen molar-refractivity contribution in [3.63, 3.8) is 0 Å². The number of nitrogens with one attached hydrogen (secondary N) is 1. The number of esters is 1. The van der Waals surface area contributed by atoms with Crippen molar-refractivity contribution in [3.05, 3.63) is 12.2 Å². The maximum Gasteiger partial charge on any atom is 0.492 e. The number of carbonyl (C=O) groups is 2. The minimum atomic E-state index is -6.04. The molecule has 2 aliphatic heterocycles. The molecule has 2 aliphatic rings. The van der Waals surface area contributed by atoms with Gasteiger partial charge in [0.1, 0.15) is 38.8 Å². The molecule has 3 atom stereocenters. The number of ether oxygens (including phenoxy) is 12. The number of alkyl carbamates (subject to hydrolysis) is 1. The standard InChI is InChI=1S/C13H21F2NO6.C6H10F2O2.C5H9FO2.C4H2F8O3.C4H3F7O3.8CH4/c1-10(2)12(17)21-6-4-16-13(18)22-11(8-20-9-15)7-19-5-3-14;1-6(7,8)4-9-2-5-3-10-5;6-1-2-7-3-5-4-8-5;5-1-13-4(10,11)14-2(6,7)3(8,9)15-12;1-12-4(9,10)13-2(5,6)3(7,8)14-11;;;;;;;;/h11H,1,3-9H2,2H3,(H,16,18);5H,2-4H2,1H3;5H,1-4H2;1H2;1H3;8*1H4. The molecule has 37 heteroatoms. The molecule has 3 unspecified atom stereocenters. The van der Waals surface area contributed by atoms with Gasteiger partial charge >= 0.3 is 49.1 Å². The number of amides is 1. The first-order valence-electron chi connectivity index (χ1n) is 18.1. The highest BCUT2D eigenvalue weighted by Gasteiger charge is 2.67. The van der Waals surface area contributed by atoms with E-state index in [-0.39, 0.29) is 124 Å². The second-order valence-corrected chi connectivity index (χ2v) is 12.2. The van der Waals surface area contributed by atoms with Gasteiger partial charge in [-0.1, -0.05) is 66.0 Å². The van der Waals surface area contributed by atoms with E-state index in [0.29, 0.717) is 19.8 Å². The number of rotatable bonds is 31. The largest absolute Gasteiger partial charge is 0.492 e. The van der Waals surface area contributed by atoms with Crippen LogP contribution in [0.25, 0.3) is 0 Å². The molecule has 0 spiro atoms. The number of hydrogen-bond acceptors (Lipinski definition) is 16. The van der Waals surface area contributed by atoms with Crippen LogP contribution in [-0.2, 0) is 71.5 Å². The Morgan fingerprint density at radius 3 is 1.36 bits per heavy atom. The third-order valence-electron chi connectivity index (χ3n) is 5.95. The first-order chi connectivity index (χ1) is 31.7. The number of hydrogen-bond donors (Lipinski definition) is 1. The van der Waals surface area contributed by atoms with E-state index in [2.05, 4.69) is 40.3 Å². The maximum absolute atomic E-state index is 12.0. The first kappa shape index (κ1) is 99.0. The molecule has 0 aromatic rings. The van der Waals surface area contributed by atoms with Gasteiger partial charge in [-0.05, 0) is 16.0 Å². The zero-order valence-corrected chi connectivity index (χ0v) is 35.6. The molecule has 1 amide bonds. The van der Waals surface area contributed by atoms with Crippen LogP contribution in [-0.4, -0.2) is 180 Å². The summed E-state index contributed by atoms with van der Waals surface area (Å²) in [7, 11) is 0.213. The molecule has 17 nitrogen and oxygen atoms in total. The van der Waals surface area contributed by atoms with Gasteiger partial charge < -0.3 is 43.2 Å². The molecule has 1 N–H and O–H groups in total. The van der Waals surface area contributed by atoms with E-state index >= 15 is 0 Å². The summed E-state index contributed by atoms with van der Waals surface area (Å²) in [4.78, 5) is 25.5. The molecule has 0 aromatic heterocycles. The van der Waals surface area contributed by atoms with Crippen molar-refractivity contribution in [1.82, 2.24) is 5.32 Å². The van der Waals surface area contributed by atoms with Gasteiger partial charge in [0, 0.05) is 19.6 Å². The van der Waals surface area contributed by atoms with Gasteiger partial charge in [0.2, 0.25) is 0 Å². The van der Waals surface area contributed by atoms with Crippen LogP contribution in [0.3, 0.4) is 0 Å². The third-order valence-corrected chi connectivity index (χ3v) is 5.95. The monoisotopic (exact) mass is 1210 g/mol. The number of halogens is 20. The summed E-state index contributed by atoms with van der Waals surface area (Å²) in [5, 5.41) is 2.33. The van der Waals surface area contributed by atoms with E-state index in [9.17, 15) is 97.7 Å². The van der Waals surface area contributed by atoms with Crippen molar-refractivity contribution in [2.24, 2.45) is 0 Å². The second-order valence-electron chi connectivity index (χ2n) is 12.2. The number of carbonyl (C=O) groups excluding carboxylic acids is 2. The summed E-state index contributed by atoms with van der Waals surface area (Å²) >= 11 is 0. The predicted molar refractivity (Wildman–Crippen MR) is 235 cm³/mol. The minimum Gasteiger partial charge on any atom is -0.460 e. The van der Waals surface area contributed by atoms with Crippen LogP contribution in [0.4, 0.5) is 92.9 Å². The van der Waals surface area contributed by atoms with Crippen LogP contribution in [0.2, 0.25) is 0 Å². The highest BCUT2D eigenvalue weighted by atomic mass is 19.4. The lowest BCUT2D eigenvalue weighted by atomic mass is 10.4. The maximum atomic E-state index is 12.0. The van der Waals surface area contributed by atoms with Crippen molar-refractivity contribution >= 4 is 12.1 Å². The average Bonchev–Trinajstić information content (AvgIpc) is 4.19. The van der Waals surface area contributed by atoms with Gasteiger partial charge in [-0.2, -0.15) is 35.1 Å². The fraction of sp³-hybridized carbons (Fsp3) is 0.900. The van der Waals surface area contributed by atoms with E-state index in [1.165, 1.54) is 16.8 Å². The molecule has 0 aromatic carbocycles. The van der Waals surface area contributed by atoms with Gasteiger partial charge in [-0.15, -0.1) is 27.4 Å². The fourth-order valence-corrected chi connectivity index (χ4v) is 2.78. The van der Waals surface area contributed by atoms with Crippen LogP contribution in [0.15, 0.2) is 12.2 Å². The van der Waals surface area contributed by atoms with Crippen molar-refractivity contribution in [2.75, 3.05) is 107 Å². The summed E-state index contributed by atoms with van der Waals surface area (Å²) in [5.74, 6) is -3.28. The smallest absolute Gasteiger partial charge is 0.460 e. The Morgan fingerprint density at radius 1 is 0.610 bits per heavy atom. The summed E-state index contributed by atoms with van der Waals surface area (Å²) in [6.45, 7) is 2.79. The Bertz CT molecular complexity index is 1380. The van der Waals surface area contributed by atoms with Crippen molar-refractivity contribution in [1.29, 1.82) is 0 Å². The van der Waals surface area contributed by atoms with Gasteiger partial charge in [0.05, 0.1) is 59.4 Å². The number of alkyl halides is 18. The van der Waals surface area contributed by atoms with Crippen molar-refractivity contribution < 1.29 is 164 Å². The van der Waals surface area contributed by atoms with Gasteiger partial charge in [0.15, 0.2) is 19.8 Å². The van der Waals surface area contributed by atoms with Crippen LogP contribution >= 0.6 is 0 Å². The number of methoxy groups -OCH3 is 1. The summed E-state index contributed by atoms with van der Waals surface area (Å²) in [5.41, 5.74) is 0.246. The summed E-state index contributed by atoms with van der Waals surface area (Å²) in [6, 6.07) is 0. The first-order valence-corrected chi connectivity index (χ1v) is 18.1. The molecule has 2 fully saturated rings. The normalized spacial score (nSPS) is 14.7. The van der Waals surface area contributed by atoms with E-state index in [1.807, 2.05) is 0 Å². The Balaban J connectivity index is -0.0000000791. The Hall–Kier alpha value is -3.40. The molecule has 2 saturated heterocycles. The zero-order valence-electron chi connectivity index (χ0n) is 35.6. The lowest BCUT2D eigenvalue weighted by molar-refractivity contribution is -0.548. The Morgan fingerprint density at radius 2 is 1.01 bits per heavy atom. The van der Waals surface area contributed by atoms with E-state index in [4.69, 9.17) is 28.4 Å². The van der Waals surface area contributed by atoms with Gasteiger partial charge in [-0.3, -0.25) is 9.47 Å². The predicted octanol–water partition coefficient (Wildman–Crippen LogP) is 12.5. The molecule has 0 radical (unpaired) electrons. The van der Waals surface area contributed by atoms with Crippen molar-refractivity contribution in [3.8, 4) is 0 Å². The van der Waals surface area contributed by atoms with Crippen LogP contribution in [0.5, 0.6) is 0 Å². The van der Waals surface area contributed by atoms with Crippen molar-refractivity contribution in [2.45, 2.75) is 135 Å². The molecule has 2 rings (SSSR count). The summed E-state index contributed by atoms with van der Waals surface area (Å²) in [6.07, 6.45) is -35.4. The molecular formula is C40H77F20NO16. The Kier molecular flexibility index (Phi) is 63.8. The number of epoxide rings is 2. The minimum absolute atomic E-state index is 0. The quantitative estimate of drug-likeness (QED) is 0.0173. The average molecular weight is 1210 g/mol. The van der Waals surface area contributed by atoms with Crippen LogP contribution < -0.4 is 5.32 Å². The molecule has 2 heterocycles. The molecule has 478 valence electrons. The SMILES string of the molecule is C.C.C.C.C.C.C.C.C=C(C)C(=O)OCCNC(=O)OC(COCF)COCCF.CC(F)(F)COCC1CO1.COC(F)(F)OC(F)(F)C(F)(F)OF.FCCOCC1CO1.FCOC(F)(F)OC(F)(F)C(F)(F)OF. The van der Waals surface area contributed by atoms with E-state index in [0.717, 1.165) is 13.5 Å². The van der Waals surface area contributed by atoms with Gasteiger partial charge in [0.25, 0.3) is 5.92 Å². The fourth-order valence-electron chi connectivity index (χ4n) is 2.78. The highest BCUT2D eigenvalue weighted by Crippen LogP contribution is 2.41. The molecular weight excluding hydrogens is 1130 g/mol. The second kappa shape index (κ2) is 49.6. The highest BCUT2D eigenvalue weighted by molar-refractivity contribution is 5.86. The Labute approximate surface area is 435 Å². The third kappa shape index (κ3) is 54.3. The summed E-state index contributed by atoms with van der Waals surface area (Å²) < 4.78 is 282. The molecule has 77 heavy (non-hydrogen) atoms.